The van der Waals surface area contributed by atoms with E-state index in [1.54, 1.807) is 11.3 Å². The van der Waals surface area contributed by atoms with Crippen molar-refractivity contribution >= 4 is 28.3 Å². The van der Waals surface area contributed by atoms with Crippen LogP contribution in [0.25, 0.3) is 0 Å². The van der Waals surface area contributed by atoms with E-state index in [-0.39, 0.29) is 22.5 Å². The van der Waals surface area contributed by atoms with Crippen LogP contribution in [0.3, 0.4) is 0 Å². The van der Waals surface area contributed by atoms with Crippen molar-refractivity contribution in [1.82, 2.24) is 0 Å². The van der Waals surface area contributed by atoms with Crippen molar-refractivity contribution in [3.63, 3.8) is 0 Å². The van der Waals surface area contributed by atoms with Crippen LogP contribution in [0.4, 0.5) is 0 Å². The summed E-state index contributed by atoms with van der Waals surface area (Å²) in [5.41, 5.74) is 0. The number of halogens is 1. The van der Waals surface area contributed by atoms with E-state index in [1.807, 2.05) is 22.9 Å². The van der Waals surface area contributed by atoms with Gasteiger partial charge in [-0.05, 0) is 10.8 Å². The molecular formula is C4H7BrOS. The second-order valence-corrected chi connectivity index (χ2v) is 1.61. The average Bonchev–Trinajstić information content (AvgIpc) is 1.76. The van der Waals surface area contributed by atoms with Gasteiger partial charge in [-0.2, -0.15) is 11.3 Å². The van der Waals surface area contributed by atoms with Crippen LogP contribution in [0.1, 0.15) is 0 Å². The molecule has 0 radical (unpaired) electrons. The third-order valence-corrected chi connectivity index (χ3v) is 1.05. The van der Waals surface area contributed by atoms with E-state index in [1.165, 1.54) is 0 Å². The van der Waals surface area contributed by atoms with Crippen LogP contribution in [0.2, 0.25) is 0 Å². The summed E-state index contributed by atoms with van der Waals surface area (Å²) in [5.74, 6) is 0. The van der Waals surface area contributed by atoms with Crippen molar-refractivity contribution in [2.75, 3.05) is 0 Å². The van der Waals surface area contributed by atoms with E-state index < -0.39 is 0 Å². The first-order valence-electron chi connectivity index (χ1n) is 1.47. The zero-order valence-electron chi connectivity index (χ0n) is 3.63. The van der Waals surface area contributed by atoms with Gasteiger partial charge in [0.2, 0.25) is 0 Å². The number of hydrogen-bond donors (Lipinski definition) is 0. The molecule has 1 aromatic rings. The van der Waals surface area contributed by atoms with Gasteiger partial charge in [0.15, 0.2) is 0 Å². The van der Waals surface area contributed by atoms with Gasteiger partial charge >= 0.3 is 0 Å². The van der Waals surface area contributed by atoms with E-state index >= 15 is 0 Å². The molecule has 1 heterocycles. The Hall–Kier alpha value is 0.140. The van der Waals surface area contributed by atoms with E-state index in [9.17, 15) is 0 Å². The Bertz CT molecular complexity index is 68.2. The molecule has 3 heteroatoms. The molecule has 1 nitrogen and oxygen atoms in total. The minimum Gasteiger partial charge on any atom is -0.412 e. The molecule has 0 saturated carbocycles. The molecule has 1 aromatic heterocycles. The zero-order valence-corrected chi connectivity index (χ0v) is 6.16. The molecule has 0 aliphatic rings. The van der Waals surface area contributed by atoms with Crippen LogP contribution in [0.15, 0.2) is 22.9 Å². The maximum atomic E-state index is 2.04. The molecule has 2 N–H and O–H groups in total. The summed E-state index contributed by atoms with van der Waals surface area (Å²) in [4.78, 5) is 0. The highest BCUT2D eigenvalue weighted by molar-refractivity contribution is 8.93. The summed E-state index contributed by atoms with van der Waals surface area (Å²) in [6, 6.07) is 4.04. The van der Waals surface area contributed by atoms with E-state index in [0.717, 1.165) is 0 Å². The maximum Gasteiger partial charge on any atom is -0.00934 e. The molecule has 42 valence electrons. The molecule has 0 amide bonds. The zero-order chi connectivity index (χ0) is 3.54. The van der Waals surface area contributed by atoms with Gasteiger partial charge in [-0.15, -0.1) is 17.0 Å². The third kappa shape index (κ3) is 3.98. The van der Waals surface area contributed by atoms with Gasteiger partial charge in [-0.3, -0.25) is 0 Å². The number of rotatable bonds is 0. The van der Waals surface area contributed by atoms with Gasteiger partial charge in [0.05, 0.1) is 0 Å². The van der Waals surface area contributed by atoms with Crippen LogP contribution in [0, 0.1) is 0 Å². The summed E-state index contributed by atoms with van der Waals surface area (Å²) in [6.07, 6.45) is 0. The van der Waals surface area contributed by atoms with Crippen molar-refractivity contribution in [2.24, 2.45) is 0 Å². The lowest BCUT2D eigenvalue weighted by atomic mass is 10.7. The molecule has 0 spiro atoms. The monoisotopic (exact) mass is 182 g/mol. The summed E-state index contributed by atoms with van der Waals surface area (Å²) in [7, 11) is 0. The van der Waals surface area contributed by atoms with Gasteiger partial charge in [0.25, 0.3) is 0 Å². The van der Waals surface area contributed by atoms with E-state index in [4.69, 9.17) is 0 Å². The third-order valence-electron chi connectivity index (χ3n) is 0.425. The van der Waals surface area contributed by atoms with Crippen molar-refractivity contribution in [3.8, 4) is 0 Å². The lowest BCUT2D eigenvalue weighted by Gasteiger charge is -1.39. The fourth-order valence-corrected chi connectivity index (χ4v) is 0.680. The second-order valence-electron chi connectivity index (χ2n) is 0.793. The highest BCUT2D eigenvalue weighted by Crippen LogP contribution is 1.91. The Morgan fingerprint density at radius 3 is 1.57 bits per heavy atom. The molecular weight excluding hydrogens is 176 g/mol. The average molecular weight is 183 g/mol. The van der Waals surface area contributed by atoms with Crippen LogP contribution < -0.4 is 0 Å². The van der Waals surface area contributed by atoms with Crippen molar-refractivity contribution < 1.29 is 5.48 Å². The fourth-order valence-electron chi connectivity index (χ4n) is 0.227. The quantitative estimate of drug-likeness (QED) is 0.583. The molecule has 0 aromatic carbocycles. The minimum absolute atomic E-state index is 0. The number of thiophene rings is 1. The Kier molecular flexibility index (Phi) is 8.94. The standard InChI is InChI=1S/C4H4S.BrH.H2O/c1-2-4-5-3-1;;/h1-4H;1H;1H2. The Labute approximate surface area is 57.1 Å². The lowest BCUT2D eigenvalue weighted by molar-refractivity contribution is 0.824. The Morgan fingerprint density at radius 2 is 1.43 bits per heavy atom. The van der Waals surface area contributed by atoms with Crippen LogP contribution in [0.5, 0.6) is 0 Å². The summed E-state index contributed by atoms with van der Waals surface area (Å²) in [6.45, 7) is 0. The molecule has 0 saturated heterocycles. The fraction of sp³-hybridized carbons (Fsp3) is 0. The lowest BCUT2D eigenvalue weighted by Crippen LogP contribution is -1.16. The highest BCUT2D eigenvalue weighted by Gasteiger charge is 1.58. The summed E-state index contributed by atoms with van der Waals surface area (Å²) in [5, 5.41) is 4.08. The molecule has 1 rings (SSSR count). The number of hydrogen-bond acceptors (Lipinski definition) is 1. The minimum atomic E-state index is 0. The van der Waals surface area contributed by atoms with Crippen molar-refractivity contribution in [1.29, 1.82) is 0 Å². The van der Waals surface area contributed by atoms with Gasteiger partial charge in [-0.1, -0.05) is 12.1 Å². The summed E-state index contributed by atoms with van der Waals surface area (Å²) < 4.78 is 0. The van der Waals surface area contributed by atoms with E-state index in [2.05, 4.69) is 0 Å². The topological polar surface area (TPSA) is 31.5 Å². The van der Waals surface area contributed by atoms with Crippen LogP contribution >= 0.6 is 28.3 Å². The van der Waals surface area contributed by atoms with Crippen LogP contribution in [-0.4, -0.2) is 5.48 Å². The molecule has 0 atom stereocenters. The second kappa shape index (κ2) is 6.14. The first-order valence-corrected chi connectivity index (χ1v) is 2.41. The van der Waals surface area contributed by atoms with Crippen molar-refractivity contribution in [2.45, 2.75) is 0 Å². The maximum absolute atomic E-state index is 2.04. The first kappa shape index (κ1) is 10.2. The van der Waals surface area contributed by atoms with Gasteiger partial charge in [0, 0.05) is 0 Å². The molecule has 7 heavy (non-hydrogen) atoms. The predicted molar refractivity (Wildman–Crippen MR) is 38.3 cm³/mol. The van der Waals surface area contributed by atoms with Gasteiger partial charge in [-0.25, -0.2) is 0 Å². The summed E-state index contributed by atoms with van der Waals surface area (Å²) >= 11 is 1.71. The first-order chi connectivity index (χ1) is 2.50. The Morgan fingerprint density at radius 1 is 1.00 bits per heavy atom. The smallest absolute Gasteiger partial charge is 0.00934 e. The molecule has 0 aliphatic carbocycles. The largest absolute Gasteiger partial charge is 0.412 e. The Balaban J connectivity index is 0. The normalized spacial score (nSPS) is 5.71. The SMILES string of the molecule is Br.O.c1ccsc1. The molecule has 0 unspecified atom stereocenters. The van der Waals surface area contributed by atoms with Gasteiger partial charge < -0.3 is 5.48 Å². The van der Waals surface area contributed by atoms with Gasteiger partial charge in [0.1, 0.15) is 0 Å². The van der Waals surface area contributed by atoms with E-state index in [0.29, 0.717) is 0 Å². The molecule has 0 aliphatic heterocycles. The molecule has 0 fully saturated rings. The van der Waals surface area contributed by atoms with Crippen molar-refractivity contribution in [3.05, 3.63) is 22.9 Å². The molecule has 0 bridgehead atoms. The predicted octanol–water partition coefficient (Wildman–Crippen LogP) is 1.50. The van der Waals surface area contributed by atoms with Crippen LogP contribution in [-0.2, 0) is 0 Å². The highest BCUT2D eigenvalue weighted by atomic mass is 79.9.